The van der Waals surface area contributed by atoms with Crippen molar-refractivity contribution in [1.29, 1.82) is 0 Å². The van der Waals surface area contributed by atoms with Crippen LogP contribution in [0.25, 0.3) is 0 Å². The van der Waals surface area contributed by atoms with Gasteiger partial charge in [0, 0.05) is 10.4 Å². The van der Waals surface area contributed by atoms with Crippen LogP contribution in [0.1, 0.15) is 24.0 Å². The van der Waals surface area contributed by atoms with E-state index in [1.807, 2.05) is 13.0 Å². The molecule has 1 aromatic carbocycles. The Bertz CT molecular complexity index is 320. The maximum atomic E-state index is 5.35. The zero-order valence-corrected chi connectivity index (χ0v) is 8.85. The Balaban J connectivity index is 3.15. The molecule has 0 saturated heterocycles. The molecule has 0 fully saturated rings. The normalized spacial score (nSPS) is 12.2. The second-order valence-electron chi connectivity index (χ2n) is 2.91. The molecule has 1 unspecified atom stereocenters. The molecule has 0 spiro atoms. The van der Waals surface area contributed by atoms with Crippen LogP contribution in [-0.4, -0.2) is 0 Å². The molecule has 0 heterocycles. The first-order valence-electron chi connectivity index (χ1n) is 3.87. The molecular formula is C11H11Br. The third kappa shape index (κ3) is 1.89. The van der Waals surface area contributed by atoms with Gasteiger partial charge in [-0.2, -0.15) is 0 Å². The fraction of sp³-hybridized carbons (Fsp3) is 0.273. The number of hydrogen-bond acceptors (Lipinski definition) is 0. The molecule has 1 heteroatoms. The van der Waals surface area contributed by atoms with Crippen LogP contribution in [-0.2, 0) is 0 Å². The van der Waals surface area contributed by atoms with E-state index in [1.54, 1.807) is 0 Å². The number of benzene rings is 1. The van der Waals surface area contributed by atoms with Crippen molar-refractivity contribution >= 4 is 15.9 Å². The summed E-state index contributed by atoms with van der Waals surface area (Å²) in [6.07, 6.45) is 5.35. The van der Waals surface area contributed by atoms with Crippen molar-refractivity contribution in [3.8, 4) is 12.3 Å². The summed E-state index contributed by atoms with van der Waals surface area (Å²) in [5, 5.41) is 0. The summed E-state index contributed by atoms with van der Waals surface area (Å²) in [4.78, 5) is 0. The summed E-state index contributed by atoms with van der Waals surface area (Å²) in [6, 6.07) is 6.23. The largest absolute Gasteiger partial charge is 0.119 e. The van der Waals surface area contributed by atoms with E-state index in [2.05, 4.69) is 40.9 Å². The summed E-state index contributed by atoms with van der Waals surface area (Å²) >= 11 is 3.48. The first-order chi connectivity index (χ1) is 5.65. The molecule has 12 heavy (non-hydrogen) atoms. The Hall–Kier alpha value is -0.740. The van der Waals surface area contributed by atoms with E-state index >= 15 is 0 Å². The zero-order chi connectivity index (χ0) is 9.14. The van der Waals surface area contributed by atoms with Crippen LogP contribution >= 0.6 is 15.9 Å². The maximum Gasteiger partial charge on any atom is 0.0432 e. The Morgan fingerprint density at radius 3 is 2.75 bits per heavy atom. The van der Waals surface area contributed by atoms with Crippen molar-refractivity contribution < 1.29 is 0 Å². The molecule has 0 bridgehead atoms. The van der Waals surface area contributed by atoms with Gasteiger partial charge in [0.05, 0.1) is 0 Å². The molecule has 0 aliphatic carbocycles. The molecule has 1 aromatic rings. The van der Waals surface area contributed by atoms with Crippen LogP contribution in [0.15, 0.2) is 22.7 Å². The highest BCUT2D eigenvalue weighted by Gasteiger charge is 2.05. The second-order valence-corrected chi connectivity index (χ2v) is 3.77. The average Bonchev–Trinajstić information content (AvgIpc) is 2.08. The van der Waals surface area contributed by atoms with Gasteiger partial charge in [-0.3, -0.25) is 0 Å². The Morgan fingerprint density at radius 2 is 2.17 bits per heavy atom. The summed E-state index contributed by atoms with van der Waals surface area (Å²) < 4.78 is 1.10. The van der Waals surface area contributed by atoms with E-state index in [9.17, 15) is 0 Å². The minimum Gasteiger partial charge on any atom is -0.119 e. The van der Waals surface area contributed by atoms with Gasteiger partial charge in [0.1, 0.15) is 0 Å². The first kappa shape index (κ1) is 9.35. The zero-order valence-electron chi connectivity index (χ0n) is 7.26. The Labute approximate surface area is 82.1 Å². The third-order valence-corrected chi connectivity index (χ3v) is 2.59. The van der Waals surface area contributed by atoms with Crippen LogP contribution in [0.5, 0.6) is 0 Å². The molecule has 0 radical (unpaired) electrons. The lowest BCUT2D eigenvalue weighted by Crippen LogP contribution is -1.91. The van der Waals surface area contributed by atoms with E-state index in [0.29, 0.717) is 0 Å². The van der Waals surface area contributed by atoms with Crippen molar-refractivity contribution in [3.05, 3.63) is 33.8 Å². The Morgan fingerprint density at radius 1 is 1.50 bits per heavy atom. The third-order valence-electron chi connectivity index (χ3n) is 1.87. The van der Waals surface area contributed by atoms with E-state index in [1.165, 1.54) is 11.1 Å². The quantitative estimate of drug-likeness (QED) is 0.639. The molecule has 1 rings (SSSR count). The predicted octanol–water partition coefficient (Wildman–Crippen LogP) is 3.49. The van der Waals surface area contributed by atoms with Crippen molar-refractivity contribution in [2.75, 3.05) is 0 Å². The topological polar surface area (TPSA) is 0 Å². The molecule has 62 valence electrons. The van der Waals surface area contributed by atoms with Crippen LogP contribution < -0.4 is 0 Å². The van der Waals surface area contributed by atoms with Gasteiger partial charge in [0.15, 0.2) is 0 Å². The summed E-state index contributed by atoms with van der Waals surface area (Å²) in [5.41, 5.74) is 2.44. The van der Waals surface area contributed by atoms with Gasteiger partial charge < -0.3 is 0 Å². The number of rotatable bonds is 1. The lowest BCUT2D eigenvalue weighted by atomic mass is 10.0. The van der Waals surface area contributed by atoms with Gasteiger partial charge in [0.2, 0.25) is 0 Å². The standard InChI is InChI=1S/C11H11Br/c1-4-9(3)10-7-8(2)5-6-11(10)12/h1,5-7,9H,2-3H3. The van der Waals surface area contributed by atoms with Crippen LogP contribution in [0.2, 0.25) is 0 Å². The molecular weight excluding hydrogens is 212 g/mol. The fourth-order valence-corrected chi connectivity index (χ4v) is 1.67. The summed E-state index contributed by atoms with van der Waals surface area (Å²) in [6.45, 7) is 4.10. The molecule has 0 aromatic heterocycles. The second kappa shape index (κ2) is 3.78. The number of aryl methyl sites for hydroxylation is 1. The van der Waals surface area contributed by atoms with Crippen molar-refractivity contribution in [2.24, 2.45) is 0 Å². The molecule has 0 nitrogen and oxygen atoms in total. The van der Waals surface area contributed by atoms with Crippen molar-refractivity contribution in [1.82, 2.24) is 0 Å². The van der Waals surface area contributed by atoms with E-state index in [-0.39, 0.29) is 5.92 Å². The highest BCUT2D eigenvalue weighted by molar-refractivity contribution is 9.10. The highest BCUT2D eigenvalue weighted by atomic mass is 79.9. The SMILES string of the molecule is C#CC(C)c1cc(C)ccc1Br. The number of terminal acetylenes is 1. The highest BCUT2D eigenvalue weighted by Crippen LogP contribution is 2.25. The predicted molar refractivity (Wildman–Crippen MR) is 56.1 cm³/mol. The maximum absolute atomic E-state index is 5.35. The van der Waals surface area contributed by atoms with E-state index < -0.39 is 0 Å². The minimum absolute atomic E-state index is 0.180. The van der Waals surface area contributed by atoms with Crippen LogP contribution in [0, 0.1) is 19.3 Å². The van der Waals surface area contributed by atoms with Gasteiger partial charge in [0.25, 0.3) is 0 Å². The minimum atomic E-state index is 0.180. The fourth-order valence-electron chi connectivity index (χ4n) is 1.08. The number of halogens is 1. The molecule has 0 aliphatic rings. The first-order valence-corrected chi connectivity index (χ1v) is 4.66. The lowest BCUT2D eigenvalue weighted by molar-refractivity contribution is 0.993. The van der Waals surface area contributed by atoms with Crippen LogP contribution in [0.4, 0.5) is 0 Å². The van der Waals surface area contributed by atoms with Crippen LogP contribution in [0.3, 0.4) is 0 Å². The van der Waals surface area contributed by atoms with Crippen molar-refractivity contribution in [3.63, 3.8) is 0 Å². The molecule has 0 saturated carbocycles. The van der Waals surface area contributed by atoms with Gasteiger partial charge in [-0.25, -0.2) is 0 Å². The number of hydrogen-bond donors (Lipinski definition) is 0. The smallest absolute Gasteiger partial charge is 0.0432 e. The van der Waals surface area contributed by atoms with E-state index in [4.69, 9.17) is 6.42 Å². The van der Waals surface area contributed by atoms with Gasteiger partial charge in [-0.05, 0) is 25.5 Å². The summed E-state index contributed by atoms with van der Waals surface area (Å²) in [7, 11) is 0. The lowest BCUT2D eigenvalue weighted by Gasteiger charge is -2.07. The monoisotopic (exact) mass is 222 g/mol. The van der Waals surface area contributed by atoms with Gasteiger partial charge >= 0.3 is 0 Å². The van der Waals surface area contributed by atoms with Gasteiger partial charge in [-0.15, -0.1) is 6.42 Å². The molecule has 1 atom stereocenters. The molecule has 0 N–H and O–H groups in total. The van der Waals surface area contributed by atoms with E-state index in [0.717, 1.165) is 4.47 Å². The molecule has 0 aliphatic heterocycles. The van der Waals surface area contributed by atoms with Crippen molar-refractivity contribution in [2.45, 2.75) is 19.8 Å². The van der Waals surface area contributed by atoms with Gasteiger partial charge in [-0.1, -0.05) is 39.5 Å². The Kier molecular flexibility index (Phi) is 2.94. The average molecular weight is 223 g/mol. The molecule has 0 amide bonds. The summed E-state index contributed by atoms with van der Waals surface area (Å²) in [5.74, 6) is 2.90.